The quantitative estimate of drug-likeness (QED) is 0.608. The summed E-state index contributed by atoms with van der Waals surface area (Å²) in [7, 11) is -1.47. The fourth-order valence-electron chi connectivity index (χ4n) is 3.84. The molecule has 164 valence electrons. The van der Waals surface area contributed by atoms with Crippen LogP contribution in [-0.4, -0.2) is 62.2 Å². The molecular weight excluding hydrogens is 416 g/mol. The molecule has 2 aromatic heterocycles. The van der Waals surface area contributed by atoms with E-state index in [2.05, 4.69) is 21.9 Å². The molecule has 0 radical (unpaired) electrons. The summed E-state index contributed by atoms with van der Waals surface area (Å²) in [5.74, 6) is 0.658. The molecule has 8 nitrogen and oxygen atoms in total. The van der Waals surface area contributed by atoms with Gasteiger partial charge in [-0.2, -0.15) is 0 Å². The maximum absolute atomic E-state index is 12.1. The Balaban J connectivity index is 1.56. The first kappa shape index (κ1) is 21.3. The number of ether oxygens (including phenoxy) is 1. The maximum atomic E-state index is 12.1. The summed E-state index contributed by atoms with van der Waals surface area (Å²) < 4.78 is 30.8. The monoisotopic (exact) mass is 442 g/mol. The number of rotatable bonds is 6. The number of carbonyl (C=O) groups is 1. The number of fused-ring (bicyclic) bond motifs is 1. The number of amides is 1. The Morgan fingerprint density at radius 3 is 2.61 bits per heavy atom. The minimum absolute atomic E-state index is 0.269. The summed E-state index contributed by atoms with van der Waals surface area (Å²) in [4.78, 5) is 22.0. The van der Waals surface area contributed by atoms with Gasteiger partial charge in [0, 0.05) is 23.5 Å². The van der Waals surface area contributed by atoms with Crippen molar-refractivity contribution < 1.29 is 17.9 Å². The van der Waals surface area contributed by atoms with Crippen molar-refractivity contribution in [3.8, 4) is 16.9 Å². The van der Waals surface area contributed by atoms with E-state index in [0.717, 1.165) is 60.1 Å². The highest BCUT2D eigenvalue weighted by Crippen LogP contribution is 2.35. The second kappa shape index (κ2) is 8.68. The lowest BCUT2D eigenvalue weighted by Crippen LogP contribution is -2.32. The SMILES string of the molecule is CN1CCC(COc2ccnc3[nH]cc(-c4ccc(C(=O)NS(C)(=O)=O)cc4)c23)CC1. The van der Waals surface area contributed by atoms with E-state index < -0.39 is 15.9 Å². The number of aromatic amines is 1. The first-order valence-electron chi connectivity index (χ1n) is 10.2. The Morgan fingerprint density at radius 1 is 1.23 bits per heavy atom. The van der Waals surface area contributed by atoms with E-state index in [1.54, 1.807) is 30.5 Å². The van der Waals surface area contributed by atoms with Crippen LogP contribution in [0.4, 0.5) is 0 Å². The molecular formula is C22H26N4O4S. The van der Waals surface area contributed by atoms with Crippen molar-refractivity contribution in [3.63, 3.8) is 0 Å². The number of piperidine rings is 1. The van der Waals surface area contributed by atoms with Crippen LogP contribution < -0.4 is 9.46 Å². The maximum Gasteiger partial charge on any atom is 0.264 e. The Kier molecular flexibility index (Phi) is 5.97. The fourth-order valence-corrected chi connectivity index (χ4v) is 4.29. The zero-order chi connectivity index (χ0) is 22.0. The molecule has 1 fully saturated rings. The predicted molar refractivity (Wildman–Crippen MR) is 120 cm³/mol. The average molecular weight is 443 g/mol. The van der Waals surface area contributed by atoms with Crippen LogP contribution in [0.2, 0.25) is 0 Å². The number of hydrogen-bond donors (Lipinski definition) is 2. The Bertz CT molecular complexity index is 1180. The number of likely N-dealkylation sites (tertiary alicyclic amines) is 1. The van der Waals surface area contributed by atoms with Gasteiger partial charge in [-0.1, -0.05) is 12.1 Å². The lowest BCUT2D eigenvalue weighted by atomic mass is 9.98. The van der Waals surface area contributed by atoms with Crippen LogP contribution in [0, 0.1) is 5.92 Å². The number of sulfonamides is 1. The van der Waals surface area contributed by atoms with Gasteiger partial charge in [-0.05, 0) is 62.7 Å². The second-order valence-corrected chi connectivity index (χ2v) is 9.82. The van der Waals surface area contributed by atoms with Gasteiger partial charge in [0.2, 0.25) is 10.0 Å². The summed E-state index contributed by atoms with van der Waals surface area (Å²) in [5.41, 5.74) is 2.79. The summed E-state index contributed by atoms with van der Waals surface area (Å²) in [5, 5.41) is 0.892. The number of aromatic nitrogens is 2. The van der Waals surface area contributed by atoms with Crippen molar-refractivity contribution in [1.29, 1.82) is 0 Å². The van der Waals surface area contributed by atoms with Crippen LogP contribution in [0.5, 0.6) is 5.75 Å². The Hall–Kier alpha value is -2.91. The van der Waals surface area contributed by atoms with Crippen LogP contribution in [0.3, 0.4) is 0 Å². The van der Waals surface area contributed by atoms with Gasteiger partial charge < -0.3 is 14.6 Å². The van der Waals surface area contributed by atoms with Crippen molar-refractivity contribution in [3.05, 3.63) is 48.3 Å². The highest BCUT2D eigenvalue weighted by atomic mass is 32.2. The highest BCUT2D eigenvalue weighted by Gasteiger charge is 2.19. The number of H-pyrrole nitrogens is 1. The van der Waals surface area contributed by atoms with E-state index >= 15 is 0 Å². The Morgan fingerprint density at radius 2 is 1.94 bits per heavy atom. The van der Waals surface area contributed by atoms with Gasteiger partial charge in [0.15, 0.2) is 0 Å². The van der Waals surface area contributed by atoms with Gasteiger partial charge in [0.1, 0.15) is 11.4 Å². The first-order chi connectivity index (χ1) is 14.8. The summed E-state index contributed by atoms with van der Waals surface area (Å²) in [6, 6.07) is 8.65. The summed E-state index contributed by atoms with van der Waals surface area (Å²) >= 11 is 0. The molecule has 0 unspecified atom stereocenters. The molecule has 1 aliphatic rings. The molecule has 31 heavy (non-hydrogen) atoms. The van der Waals surface area contributed by atoms with E-state index in [-0.39, 0.29) is 5.56 Å². The normalized spacial score (nSPS) is 15.8. The summed E-state index contributed by atoms with van der Waals surface area (Å²) in [6.07, 6.45) is 6.80. The molecule has 1 amide bonds. The van der Waals surface area contributed by atoms with Crippen molar-refractivity contribution in [2.45, 2.75) is 12.8 Å². The molecule has 4 rings (SSSR count). The van der Waals surface area contributed by atoms with E-state index in [9.17, 15) is 13.2 Å². The molecule has 3 aromatic rings. The van der Waals surface area contributed by atoms with E-state index in [1.807, 2.05) is 17.0 Å². The average Bonchev–Trinajstić information content (AvgIpc) is 3.17. The minimum Gasteiger partial charge on any atom is -0.492 e. The predicted octanol–water partition coefficient (Wildman–Crippen LogP) is 2.64. The van der Waals surface area contributed by atoms with E-state index in [1.165, 1.54) is 0 Å². The molecule has 2 N–H and O–H groups in total. The highest BCUT2D eigenvalue weighted by molar-refractivity contribution is 7.89. The molecule has 3 heterocycles. The topological polar surface area (TPSA) is 104 Å². The molecule has 0 saturated carbocycles. The molecule has 1 aliphatic heterocycles. The molecule has 1 aromatic carbocycles. The van der Waals surface area contributed by atoms with Crippen LogP contribution in [0.1, 0.15) is 23.2 Å². The van der Waals surface area contributed by atoms with Crippen LogP contribution in [0.15, 0.2) is 42.7 Å². The van der Waals surface area contributed by atoms with Gasteiger partial charge >= 0.3 is 0 Å². The number of benzene rings is 1. The zero-order valence-corrected chi connectivity index (χ0v) is 18.4. The second-order valence-electron chi connectivity index (χ2n) is 8.07. The first-order valence-corrected chi connectivity index (χ1v) is 12.1. The fraction of sp³-hybridized carbons (Fsp3) is 0.364. The lowest BCUT2D eigenvalue weighted by Gasteiger charge is -2.28. The molecule has 0 atom stereocenters. The summed E-state index contributed by atoms with van der Waals surface area (Å²) in [6.45, 7) is 2.85. The van der Waals surface area contributed by atoms with Crippen molar-refractivity contribution in [2.24, 2.45) is 5.92 Å². The van der Waals surface area contributed by atoms with Gasteiger partial charge in [-0.25, -0.2) is 18.1 Å². The van der Waals surface area contributed by atoms with Gasteiger partial charge in [0.05, 0.1) is 18.2 Å². The van der Waals surface area contributed by atoms with Crippen molar-refractivity contribution in [2.75, 3.05) is 33.0 Å². The van der Waals surface area contributed by atoms with Crippen molar-refractivity contribution >= 4 is 27.0 Å². The molecule has 0 bridgehead atoms. The number of carbonyl (C=O) groups excluding carboxylic acids is 1. The van der Waals surface area contributed by atoms with Crippen molar-refractivity contribution in [1.82, 2.24) is 19.6 Å². The smallest absolute Gasteiger partial charge is 0.264 e. The molecule has 0 spiro atoms. The third kappa shape index (κ3) is 5.05. The number of hydrogen-bond acceptors (Lipinski definition) is 6. The zero-order valence-electron chi connectivity index (χ0n) is 17.6. The van der Waals surface area contributed by atoms with Crippen LogP contribution in [0.25, 0.3) is 22.2 Å². The largest absolute Gasteiger partial charge is 0.492 e. The molecule has 9 heteroatoms. The van der Waals surface area contributed by atoms with Crippen LogP contribution >= 0.6 is 0 Å². The van der Waals surface area contributed by atoms with Gasteiger partial charge in [-0.3, -0.25) is 4.79 Å². The molecule has 1 saturated heterocycles. The van der Waals surface area contributed by atoms with Crippen LogP contribution in [-0.2, 0) is 10.0 Å². The third-order valence-corrected chi connectivity index (χ3v) is 6.14. The standard InChI is InChI=1S/C22H26N4O4S/c1-26-11-8-15(9-12-26)14-30-19-7-10-23-21-20(19)18(13-24-21)16-3-5-17(6-4-16)22(27)25-31(2,28)29/h3-7,10,13,15H,8-9,11-12,14H2,1-2H3,(H,23,24)(H,25,27). The molecule has 0 aliphatic carbocycles. The van der Waals surface area contributed by atoms with E-state index in [4.69, 9.17) is 4.74 Å². The Labute approximate surface area is 181 Å². The third-order valence-electron chi connectivity index (χ3n) is 5.58. The number of nitrogens with one attached hydrogen (secondary N) is 2. The number of pyridine rings is 1. The van der Waals surface area contributed by atoms with E-state index in [0.29, 0.717) is 12.5 Å². The number of nitrogens with zero attached hydrogens (tertiary/aromatic N) is 2. The van der Waals surface area contributed by atoms with Gasteiger partial charge in [-0.15, -0.1) is 0 Å². The minimum atomic E-state index is -3.61. The lowest BCUT2D eigenvalue weighted by molar-refractivity contribution is 0.0981. The van der Waals surface area contributed by atoms with Gasteiger partial charge in [0.25, 0.3) is 5.91 Å².